The third-order valence-electron chi connectivity index (χ3n) is 7.13. The number of hydrogen-bond acceptors (Lipinski definition) is 4. The number of aromatic nitrogens is 1. The van der Waals surface area contributed by atoms with Crippen molar-refractivity contribution in [2.24, 2.45) is 28.2 Å². The number of carbonyl (C=O) groups is 2. The van der Waals surface area contributed by atoms with Crippen molar-refractivity contribution in [2.75, 3.05) is 6.61 Å². The van der Waals surface area contributed by atoms with E-state index in [1.807, 2.05) is 10.6 Å². The van der Waals surface area contributed by atoms with Crippen LogP contribution in [0.15, 0.2) is 23.2 Å². The van der Waals surface area contributed by atoms with Gasteiger partial charge in [-0.25, -0.2) is 4.79 Å². The fourth-order valence-corrected chi connectivity index (χ4v) is 7.39. The summed E-state index contributed by atoms with van der Waals surface area (Å²) in [6.45, 7) is 2.46. The maximum atomic E-state index is 13.5. The van der Waals surface area contributed by atoms with Gasteiger partial charge in [0.15, 0.2) is 4.80 Å². The molecule has 1 aromatic heterocycles. The summed E-state index contributed by atoms with van der Waals surface area (Å²) in [7, 11) is 0. The molecule has 4 aliphatic rings. The zero-order valence-electron chi connectivity index (χ0n) is 17.2. The highest BCUT2D eigenvalue weighted by Gasteiger charge is 2.54. The molecule has 6 rings (SSSR count). The van der Waals surface area contributed by atoms with Crippen molar-refractivity contribution in [3.05, 3.63) is 28.6 Å². The SMILES string of the molecule is C#CCn1c(=NC(=O)C23CC4CC(CC(C4)C2)C3)sc2cc(C(=O)OCC)ccc21. The Morgan fingerprint density at radius 2 is 1.90 bits per heavy atom. The van der Waals surface area contributed by atoms with Gasteiger partial charge in [-0.2, -0.15) is 4.99 Å². The van der Waals surface area contributed by atoms with Crippen molar-refractivity contribution in [1.82, 2.24) is 4.57 Å². The van der Waals surface area contributed by atoms with Crippen LogP contribution in [0.3, 0.4) is 0 Å². The van der Waals surface area contributed by atoms with Crippen LogP contribution in [0.4, 0.5) is 0 Å². The van der Waals surface area contributed by atoms with E-state index in [2.05, 4.69) is 10.9 Å². The van der Waals surface area contributed by atoms with Crippen LogP contribution in [-0.2, 0) is 16.1 Å². The molecule has 0 aliphatic heterocycles. The molecule has 0 N–H and O–H groups in total. The first kappa shape index (κ1) is 19.6. The van der Waals surface area contributed by atoms with Crippen LogP contribution in [0.2, 0.25) is 0 Å². The normalized spacial score (nSPS) is 29.9. The van der Waals surface area contributed by atoms with Crippen LogP contribution < -0.4 is 4.80 Å². The standard InChI is InChI=1S/C24H26N2O3S/c1-3-7-26-19-6-5-18(21(27)29-4-2)11-20(19)30-23(26)25-22(28)24-12-15-8-16(13-24)10-17(9-15)14-24/h1,5-6,11,15-17H,4,7-10,12-14H2,2H3. The highest BCUT2D eigenvalue weighted by Crippen LogP contribution is 2.60. The molecule has 0 unspecified atom stereocenters. The zero-order valence-corrected chi connectivity index (χ0v) is 18.0. The van der Waals surface area contributed by atoms with Crippen molar-refractivity contribution >= 4 is 33.4 Å². The first-order valence-corrected chi connectivity index (χ1v) is 11.7. The number of benzene rings is 1. The number of esters is 1. The van der Waals surface area contributed by atoms with Crippen LogP contribution in [0, 0.1) is 35.5 Å². The Hall–Kier alpha value is -2.39. The first-order chi connectivity index (χ1) is 14.5. The molecule has 0 radical (unpaired) electrons. The maximum absolute atomic E-state index is 13.5. The minimum Gasteiger partial charge on any atom is -0.462 e. The number of nitrogens with zero attached hydrogens (tertiary/aromatic N) is 2. The number of hydrogen-bond donors (Lipinski definition) is 0. The van der Waals surface area contributed by atoms with Crippen LogP contribution in [0.1, 0.15) is 55.8 Å². The maximum Gasteiger partial charge on any atom is 0.338 e. The van der Waals surface area contributed by atoms with E-state index in [4.69, 9.17) is 11.2 Å². The predicted octanol–water partition coefficient (Wildman–Crippen LogP) is 4.16. The second-order valence-corrected chi connectivity index (χ2v) is 10.2. The van der Waals surface area contributed by atoms with Gasteiger partial charge in [-0.15, -0.1) is 6.42 Å². The Kier molecular flexibility index (Phi) is 4.82. The quantitative estimate of drug-likeness (QED) is 0.549. The molecular weight excluding hydrogens is 396 g/mol. The number of ether oxygens (including phenoxy) is 1. The first-order valence-electron chi connectivity index (χ1n) is 10.8. The van der Waals surface area contributed by atoms with Gasteiger partial charge in [0.1, 0.15) is 0 Å². The Morgan fingerprint density at radius 1 is 1.23 bits per heavy atom. The Labute approximate surface area is 180 Å². The van der Waals surface area contributed by atoms with Gasteiger partial charge in [-0.05, 0) is 81.4 Å². The minimum atomic E-state index is -0.348. The van der Waals surface area contributed by atoms with E-state index in [0.29, 0.717) is 41.3 Å². The molecule has 30 heavy (non-hydrogen) atoms. The highest BCUT2D eigenvalue weighted by atomic mass is 32.1. The molecule has 0 spiro atoms. The molecule has 4 saturated carbocycles. The van der Waals surface area contributed by atoms with Crippen LogP contribution in [0.5, 0.6) is 0 Å². The lowest BCUT2D eigenvalue weighted by atomic mass is 9.49. The molecule has 1 aromatic carbocycles. The number of fused-ring (bicyclic) bond motifs is 1. The summed E-state index contributed by atoms with van der Waals surface area (Å²) in [6.07, 6.45) is 12.5. The van der Waals surface area contributed by atoms with Gasteiger partial charge in [0.25, 0.3) is 5.91 Å². The summed E-state index contributed by atoms with van der Waals surface area (Å²) in [5.41, 5.74) is 1.12. The van der Waals surface area contributed by atoms with Gasteiger partial charge in [-0.3, -0.25) is 4.79 Å². The molecular formula is C24H26N2O3S. The molecule has 2 aromatic rings. The van der Waals surface area contributed by atoms with Gasteiger partial charge < -0.3 is 9.30 Å². The van der Waals surface area contributed by atoms with Crippen LogP contribution in [0.25, 0.3) is 10.2 Å². The fraction of sp³-hybridized carbons (Fsp3) is 0.542. The molecule has 1 amide bonds. The largest absolute Gasteiger partial charge is 0.462 e. The Balaban J connectivity index is 1.55. The van der Waals surface area contributed by atoms with E-state index >= 15 is 0 Å². The second-order valence-electron chi connectivity index (χ2n) is 9.19. The average molecular weight is 423 g/mol. The molecule has 0 atom stereocenters. The lowest BCUT2D eigenvalue weighted by Gasteiger charge is -2.55. The van der Waals surface area contributed by atoms with Crippen LogP contribution in [-0.4, -0.2) is 23.1 Å². The molecule has 4 bridgehead atoms. The van der Waals surface area contributed by atoms with Crippen molar-refractivity contribution in [3.63, 3.8) is 0 Å². The smallest absolute Gasteiger partial charge is 0.338 e. The third-order valence-corrected chi connectivity index (χ3v) is 8.17. The van der Waals surface area contributed by atoms with Crippen molar-refractivity contribution in [3.8, 4) is 12.3 Å². The summed E-state index contributed by atoms with van der Waals surface area (Å²) < 4.78 is 7.91. The number of terminal acetylenes is 1. The van der Waals surface area contributed by atoms with Crippen molar-refractivity contribution in [2.45, 2.75) is 52.0 Å². The monoisotopic (exact) mass is 422 g/mol. The average Bonchev–Trinajstić information content (AvgIpc) is 3.04. The molecule has 0 saturated heterocycles. The summed E-state index contributed by atoms with van der Waals surface area (Å²) >= 11 is 1.42. The summed E-state index contributed by atoms with van der Waals surface area (Å²) in [5.74, 6) is 4.45. The molecule has 156 valence electrons. The Morgan fingerprint density at radius 3 is 2.50 bits per heavy atom. The van der Waals surface area contributed by atoms with Gasteiger partial charge in [0.2, 0.25) is 0 Å². The predicted molar refractivity (Wildman–Crippen MR) is 116 cm³/mol. The van der Waals surface area contributed by atoms with E-state index in [1.54, 1.807) is 19.1 Å². The van der Waals surface area contributed by atoms with Gasteiger partial charge in [-0.1, -0.05) is 17.3 Å². The number of thiazole rings is 1. The lowest BCUT2D eigenvalue weighted by Crippen LogP contribution is -2.49. The van der Waals surface area contributed by atoms with E-state index in [-0.39, 0.29) is 17.3 Å². The molecule has 4 aliphatic carbocycles. The van der Waals surface area contributed by atoms with Crippen LogP contribution >= 0.6 is 11.3 Å². The number of amides is 1. The summed E-state index contributed by atoms with van der Waals surface area (Å²) in [4.78, 5) is 30.8. The van der Waals surface area contributed by atoms with Crippen molar-refractivity contribution < 1.29 is 14.3 Å². The van der Waals surface area contributed by atoms with E-state index in [1.165, 1.54) is 30.6 Å². The van der Waals surface area contributed by atoms with Gasteiger partial charge >= 0.3 is 5.97 Å². The summed E-state index contributed by atoms with van der Waals surface area (Å²) in [5, 5.41) is 0. The summed E-state index contributed by atoms with van der Waals surface area (Å²) in [6, 6.07) is 5.41. The molecule has 4 fully saturated rings. The molecule has 5 nitrogen and oxygen atoms in total. The second kappa shape index (κ2) is 7.39. The van der Waals surface area contributed by atoms with Gasteiger partial charge in [0, 0.05) is 0 Å². The number of rotatable bonds is 4. The fourth-order valence-electron chi connectivity index (χ4n) is 6.32. The Bertz CT molecular complexity index is 1100. The third kappa shape index (κ3) is 3.20. The topological polar surface area (TPSA) is 60.7 Å². The van der Waals surface area contributed by atoms with E-state index in [9.17, 15) is 9.59 Å². The van der Waals surface area contributed by atoms with E-state index < -0.39 is 0 Å². The highest BCUT2D eigenvalue weighted by molar-refractivity contribution is 7.16. The van der Waals surface area contributed by atoms with E-state index in [0.717, 1.165) is 29.5 Å². The van der Waals surface area contributed by atoms with Gasteiger partial charge in [0.05, 0.1) is 34.3 Å². The minimum absolute atomic E-state index is 0.0320. The molecule has 6 heteroatoms. The van der Waals surface area contributed by atoms with Crippen molar-refractivity contribution in [1.29, 1.82) is 0 Å². The number of carbonyl (C=O) groups excluding carboxylic acids is 2. The molecule has 1 heterocycles. The zero-order chi connectivity index (χ0) is 20.9. The lowest BCUT2D eigenvalue weighted by molar-refractivity contribution is -0.142.